The van der Waals surface area contributed by atoms with E-state index in [9.17, 15) is 14.0 Å². The van der Waals surface area contributed by atoms with Crippen LogP contribution in [-0.4, -0.2) is 73.7 Å². The molecule has 0 radical (unpaired) electrons. The zero-order valence-electron chi connectivity index (χ0n) is 32.9. The molecule has 0 unspecified atom stereocenters. The molecule has 0 saturated carbocycles. The molecule has 0 atom stereocenters. The average Bonchev–Trinajstić information content (AvgIpc) is 3.48. The lowest BCUT2D eigenvalue weighted by atomic mass is 9.97. The zero-order valence-corrected chi connectivity index (χ0v) is 33.7. The number of hydrogen-bond donors (Lipinski definition) is 0. The minimum atomic E-state index is -0.575. The van der Waals surface area contributed by atoms with Gasteiger partial charge in [-0.3, -0.25) is 9.59 Å². The lowest BCUT2D eigenvalue weighted by Gasteiger charge is -2.29. The molecule has 9 nitrogen and oxygen atoms in total. The number of likely N-dealkylation sites (N-methyl/N-ethyl adjacent to an activating group) is 1. The van der Waals surface area contributed by atoms with Gasteiger partial charge >= 0.3 is 0 Å². The molecule has 7 rings (SSSR count). The molecule has 1 aromatic heterocycles. The number of benzene rings is 4. The van der Waals surface area contributed by atoms with Crippen LogP contribution in [0.15, 0.2) is 84.9 Å². The van der Waals surface area contributed by atoms with E-state index in [1.807, 2.05) is 74.9 Å². The number of morpholine rings is 1. The second-order valence-electron chi connectivity index (χ2n) is 14.0. The summed E-state index contributed by atoms with van der Waals surface area (Å²) in [5.74, 6) is 0.0589. The van der Waals surface area contributed by atoms with Crippen molar-refractivity contribution in [3.8, 4) is 23.1 Å². The van der Waals surface area contributed by atoms with Crippen LogP contribution < -0.4 is 9.64 Å². The number of carbonyl (C=O) groups is 2. The first-order valence-electron chi connectivity index (χ1n) is 18.5. The molecule has 0 aliphatic carbocycles. The lowest BCUT2D eigenvalue weighted by Crippen LogP contribution is -2.36. The minimum Gasteiger partial charge on any atom is -0.496 e. The normalized spacial score (nSPS) is 13.6. The Labute approximate surface area is 334 Å². The number of amides is 2. The number of aryl methyl sites for hydroxylation is 1. The topological polar surface area (TPSA) is 91.0 Å². The van der Waals surface area contributed by atoms with E-state index < -0.39 is 5.82 Å². The van der Waals surface area contributed by atoms with E-state index >= 15 is 0 Å². The van der Waals surface area contributed by atoms with E-state index in [4.69, 9.17) is 26.3 Å². The third kappa shape index (κ3) is 10.0. The second-order valence-corrected chi connectivity index (χ2v) is 14.4. The summed E-state index contributed by atoms with van der Waals surface area (Å²) < 4.78 is 26.7. The van der Waals surface area contributed by atoms with Crippen molar-refractivity contribution in [3.63, 3.8) is 0 Å². The first kappa shape index (κ1) is 41.7. The summed E-state index contributed by atoms with van der Waals surface area (Å²) in [5.41, 5.74) is 9.85. The van der Waals surface area contributed by atoms with Gasteiger partial charge in [-0.15, -0.1) is 0 Å². The van der Waals surface area contributed by atoms with E-state index in [-0.39, 0.29) is 10.9 Å². The number of fused-ring (bicyclic) bond motifs is 1. The van der Waals surface area contributed by atoms with Crippen molar-refractivity contribution in [2.75, 3.05) is 51.9 Å². The number of carbonyl (C=O) groups excluding carboxylic acids is 2. The summed E-state index contributed by atoms with van der Waals surface area (Å²) in [6.07, 6.45) is 1.59. The maximum Gasteiger partial charge on any atom is 0.254 e. The van der Waals surface area contributed by atoms with Crippen molar-refractivity contribution >= 4 is 29.6 Å². The Morgan fingerprint density at radius 1 is 0.964 bits per heavy atom. The highest BCUT2D eigenvalue weighted by Crippen LogP contribution is 2.33. The van der Waals surface area contributed by atoms with Crippen LogP contribution in [0.25, 0.3) is 11.3 Å². The molecule has 292 valence electrons. The molecule has 11 heteroatoms. The summed E-state index contributed by atoms with van der Waals surface area (Å²) in [5, 5.41) is 8.83. The predicted octanol–water partition coefficient (Wildman–Crippen LogP) is 8.29. The summed E-state index contributed by atoms with van der Waals surface area (Å²) in [6.45, 7) is 11.6. The summed E-state index contributed by atoms with van der Waals surface area (Å²) >= 11 is 6.08. The first-order valence-corrected chi connectivity index (χ1v) is 18.9. The van der Waals surface area contributed by atoms with Gasteiger partial charge in [0.1, 0.15) is 11.6 Å². The van der Waals surface area contributed by atoms with Crippen LogP contribution in [0.5, 0.6) is 5.75 Å². The number of rotatable bonds is 7. The maximum absolute atomic E-state index is 14.3. The SMILES string of the molecule is CN1CCOCC1.COc1cccc(CN(C=O)c2ccc(C#N)cc2)c1C.Cc1cc(-c2cc(Cl)c(F)cc2C(=O)N2CCc3ccccc3C2)n(C)c1C. The highest BCUT2D eigenvalue weighted by molar-refractivity contribution is 6.31. The summed E-state index contributed by atoms with van der Waals surface area (Å²) in [7, 11) is 5.69. The van der Waals surface area contributed by atoms with Gasteiger partial charge in [0, 0.05) is 55.9 Å². The number of methoxy groups -OCH3 is 1. The number of ether oxygens (including phenoxy) is 2. The Morgan fingerprint density at radius 2 is 1.66 bits per heavy atom. The van der Waals surface area contributed by atoms with Crippen LogP contribution in [-0.2, 0) is 36.1 Å². The number of nitriles is 1. The number of hydrogen-bond acceptors (Lipinski definition) is 6. The largest absolute Gasteiger partial charge is 0.496 e. The quantitative estimate of drug-likeness (QED) is 0.155. The van der Waals surface area contributed by atoms with E-state index in [1.165, 1.54) is 11.6 Å². The van der Waals surface area contributed by atoms with Gasteiger partial charge in [-0.25, -0.2) is 4.39 Å². The second kappa shape index (κ2) is 19.4. The van der Waals surface area contributed by atoms with Crippen LogP contribution in [0, 0.1) is 37.9 Å². The molecule has 4 aromatic carbocycles. The van der Waals surface area contributed by atoms with Gasteiger partial charge in [0.15, 0.2) is 0 Å². The fourth-order valence-corrected chi connectivity index (χ4v) is 6.86. The molecule has 56 heavy (non-hydrogen) atoms. The Balaban J connectivity index is 0.000000188. The molecule has 5 aromatic rings. The summed E-state index contributed by atoms with van der Waals surface area (Å²) in [4.78, 5) is 30.4. The standard InChI is InChI=1S/C23H22ClFN2O.C17H16N2O2.C5H11NO/c1-14-10-22(26(3)15(14)2)18-11-20(24)21(25)12-19(18)23(28)27-9-8-16-6-4-5-7-17(16)13-27;1-13-15(4-3-5-17(13)21-2)11-19(12-20)16-8-6-14(10-18)7-9-16;1-6-2-4-7-5-3-6/h4-7,10-12H,8-9,13H2,1-3H3;3-9,12H,11H2,1-2H3;2-5H2,1H3. The Morgan fingerprint density at radius 3 is 2.25 bits per heavy atom. The van der Waals surface area contributed by atoms with Crippen LogP contribution in [0.1, 0.15) is 49.4 Å². The smallest absolute Gasteiger partial charge is 0.254 e. The van der Waals surface area contributed by atoms with Crippen molar-refractivity contribution in [2.24, 2.45) is 7.05 Å². The molecule has 2 aliphatic heterocycles. The van der Waals surface area contributed by atoms with Crippen LogP contribution >= 0.6 is 11.6 Å². The van der Waals surface area contributed by atoms with Gasteiger partial charge in [-0.1, -0.05) is 48.0 Å². The number of aromatic nitrogens is 1. The first-order chi connectivity index (χ1) is 26.9. The Hall–Kier alpha value is -5.47. The predicted molar refractivity (Wildman–Crippen MR) is 220 cm³/mol. The summed E-state index contributed by atoms with van der Waals surface area (Å²) in [6, 6.07) is 27.8. The lowest BCUT2D eigenvalue weighted by molar-refractivity contribution is -0.107. The van der Waals surface area contributed by atoms with Gasteiger partial charge in [-0.2, -0.15) is 5.26 Å². The van der Waals surface area contributed by atoms with Gasteiger partial charge in [0.2, 0.25) is 6.41 Å². The molecule has 2 amide bonds. The molecular formula is C45H49ClFN5O4. The van der Waals surface area contributed by atoms with Gasteiger partial charge < -0.3 is 28.7 Å². The highest BCUT2D eigenvalue weighted by Gasteiger charge is 2.26. The third-order valence-corrected chi connectivity index (χ3v) is 10.7. The van der Waals surface area contributed by atoms with Crippen molar-refractivity contribution in [1.82, 2.24) is 14.4 Å². The molecular weight excluding hydrogens is 729 g/mol. The fraction of sp³-hybridized carbons (Fsp3) is 0.311. The van der Waals surface area contributed by atoms with Crippen LogP contribution in [0.2, 0.25) is 5.02 Å². The van der Waals surface area contributed by atoms with Gasteiger partial charge in [0.25, 0.3) is 5.91 Å². The van der Waals surface area contributed by atoms with E-state index in [2.05, 4.69) is 24.1 Å². The van der Waals surface area contributed by atoms with Gasteiger partial charge in [0.05, 0.1) is 49.1 Å². The van der Waals surface area contributed by atoms with Crippen LogP contribution in [0.4, 0.5) is 10.1 Å². The average molecular weight is 778 g/mol. The fourth-order valence-electron chi connectivity index (χ4n) is 6.69. The molecule has 3 heterocycles. The number of nitrogens with zero attached hydrogens (tertiary/aromatic N) is 5. The molecule has 1 fully saturated rings. The molecule has 0 bridgehead atoms. The number of anilines is 1. The minimum absolute atomic E-state index is 0.0204. The highest BCUT2D eigenvalue weighted by atomic mass is 35.5. The van der Waals surface area contributed by atoms with Crippen LogP contribution in [0.3, 0.4) is 0 Å². The molecule has 0 N–H and O–H groups in total. The van der Waals surface area contributed by atoms with Crippen molar-refractivity contribution in [2.45, 2.75) is 40.3 Å². The third-order valence-electron chi connectivity index (χ3n) is 10.4. The monoisotopic (exact) mass is 777 g/mol. The Kier molecular flexibility index (Phi) is 14.4. The number of halogens is 2. The van der Waals surface area contributed by atoms with E-state index in [0.29, 0.717) is 36.3 Å². The van der Waals surface area contributed by atoms with Gasteiger partial charge in [-0.05, 0) is 111 Å². The van der Waals surface area contributed by atoms with E-state index in [0.717, 1.165) is 84.2 Å². The van der Waals surface area contributed by atoms with Crippen molar-refractivity contribution < 1.29 is 23.5 Å². The zero-order chi connectivity index (χ0) is 40.4. The maximum atomic E-state index is 14.3. The molecule has 2 aliphatic rings. The van der Waals surface area contributed by atoms with Crippen molar-refractivity contribution in [3.05, 3.63) is 140 Å². The van der Waals surface area contributed by atoms with E-state index in [1.54, 1.807) is 47.2 Å². The molecule has 1 saturated heterocycles. The van der Waals surface area contributed by atoms with Crippen molar-refractivity contribution in [1.29, 1.82) is 5.26 Å². The Bertz CT molecular complexity index is 2190. The molecule has 0 spiro atoms.